The highest BCUT2D eigenvalue weighted by molar-refractivity contribution is 5.79. The molecule has 0 saturated heterocycles. The molecule has 0 amide bonds. The van der Waals surface area contributed by atoms with Crippen molar-refractivity contribution in [2.75, 3.05) is 0 Å². The lowest BCUT2D eigenvalue weighted by molar-refractivity contribution is 0.154. The summed E-state index contributed by atoms with van der Waals surface area (Å²) in [6.07, 6.45) is 3.56. The van der Waals surface area contributed by atoms with E-state index in [0.717, 1.165) is 24.7 Å². The number of fused-ring (bicyclic) bond motifs is 2. The Morgan fingerprint density at radius 1 is 1.19 bits per heavy atom. The number of hydrogen-bond donors (Lipinski definition) is 1. The topological polar surface area (TPSA) is 94.4 Å². The predicted octanol–water partition coefficient (Wildman–Crippen LogP) is 2.54. The van der Waals surface area contributed by atoms with E-state index in [1.54, 1.807) is 21.4 Å². The summed E-state index contributed by atoms with van der Waals surface area (Å²) in [5.74, 6) is -0.191. The third-order valence-corrected chi connectivity index (χ3v) is 5.77. The van der Waals surface area contributed by atoms with E-state index in [-0.39, 0.29) is 40.3 Å². The van der Waals surface area contributed by atoms with Crippen molar-refractivity contribution in [2.24, 2.45) is 0 Å². The van der Waals surface area contributed by atoms with Crippen molar-refractivity contribution in [3.05, 3.63) is 74.6 Å². The monoisotopic (exact) mass is 423 g/mol. The van der Waals surface area contributed by atoms with E-state index in [2.05, 4.69) is 10.1 Å². The summed E-state index contributed by atoms with van der Waals surface area (Å²) in [7, 11) is 0. The van der Waals surface area contributed by atoms with E-state index in [9.17, 15) is 19.1 Å². The second-order valence-corrected chi connectivity index (χ2v) is 8.33. The summed E-state index contributed by atoms with van der Waals surface area (Å²) in [4.78, 5) is 30.4. The zero-order valence-electron chi connectivity index (χ0n) is 17.2. The Morgan fingerprint density at radius 3 is 2.61 bits per heavy atom. The number of rotatable bonds is 5. The summed E-state index contributed by atoms with van der Waals surface area (Å²) < 4.78 is 17.7. The molecule has 0 bridgehead atoms. The van der Waals surface area contributed by atoms with Crippen molar-refractivity contribution in [1.82, 2.24) is 23.7 Å². The average molecular weight is 423 g/mol. The SMILES string of the molecule is CC(C)n1ccc2c(=O)n3nc(C4CC4)cc3n(CC(O)c3ccc(F)cn3)c2c1=O. The molecule has 8 nitrogen and oxygen atoms in total. The van der Waals surface area contributed by atoms with E-state index < -0.39 is 11.9 Å². The van der Waals surface area contributed by atoms with Crippen LogP contribution in [-0.4, -0.2) is 28.8 Å². The Balaban J connectivity index is 1.78. The fourth-order valence-corrected chi connectivity index (χ4v) is 3.95. The summed E-state index contributed by atoms with van der Waals surface area (Å²) >= 11 is 0. The lowest BCUT2D eigenvalue weighted by Crippen LogP contribution is -2.30. The number of hydrogen-bond acceptors (Lipinski definition) is 5. The van der Waals surface area contributed by atoms with Gasteiger partial charge in [-0.2, -0.15) is 9.61 Å². The van der Waals surface area contributed by atoms with Crippen LogP contribution in [0.2, 0.25) is 0 Å². The molecule has 160 valence electrons. The molecule has 4 heterocycles. The first-order chi connectivity index (χ1) is 14.8. The van der Waals surface area contributed by atoms with Gasteiger partial charge >= 0.3 is 0 Å². The number of aromatic nitrogens is 5. The van der Waals surface area contributed by atoms with Crippen molar-refractivity contribution in [1.29, 1.82) is 0 Å². The molecule has 0 aliphatic heterocycles. The summed E-state index contributed by atoms with van der Waals surface area (Å²) in [6.45, 7) is 3.73. The first kappa shape index (κ1) is 19.6. The summed E-state index contributed by atoms with van der Waals surface area (Å²) in [5, 5.41) is 15.6. The smallest absolute Gasteiger partial charge is 0.282 e. The molecule has 4 aromatic rings. The molecule has 4 aromatic heterocycles. The van der Waals surface area contributed by atoms with Gasteiger partial charge in [0.2, 0.25) is 0 Å². The molecule has 9 heteroatoms. The van der Waals surface area contributed by atoms with Crippen LogP contribution in [0.3, 0.4) is 0 Å². The summed E-state index contributed by atoms with van der Waals surface area (Å²) in [5.41, 5.74) is 1.04. The van der Waals surface area contributed by atoms with E-state index >= 15 is 0 Å². The summed E-state index contributed by atoms with van der Waals surface area (Å²) in [6, 6.07) is 5.96. The Morgan fingerprint density at radius 2 is 1.97 bits per heavy atom. The third-order valence-electron chi connectivity index (χ3n) is 5.77. The van der Waals surface area contributed by atoms with Crippen LogP contribution in [0.1, 0.15) is 56.1 Å². The highest BCUT2D eigenvalue weighted by Crippen LogP contribution is 2.39. The Bertz CT molecular complexity index is 1410. The molecule has 31 heavy (non-hydrogen) atoms. The van der Waals surface area contributed by atoms with Crippen LogP contribution in [0.4, 0.5) is 4.39 Å². The van der Waals surface area contributed by atoms with Gasteiger partial charge in [-0.05, 0) is 44.9 Å². The van der Waals surface area contributed by atoms with Crippen LogP contribution in [0.5, 0.6) is 0 Å². The lowest BCUT2D eigenvalue weighted by atomic mass is 10.2. The molecule has 1 aliphatic rings. The van der Waals surface area contributed by atoms with Crippen LogP contribution < -0.4 is 11.1 Å². The molecule has 0 radical (unpaired) electrons. The molecule has 1 atom stereocenters. The Labute approximate surface area is 176 Å². The quantitative estimate of drug-likeness (QED) is 0.532. The number of aliphatic hydroxyl groups excluding tert-OH is 1. The molecule has 1 N–H and O–H groups in total. The van der Waals surface area contributed by atoms with Gasteiger partial charge in [-0.3, -0.25) is 14.6 Å². The maximum atomic E-state index is 13.3. The van der Waals surface area contributed by atoms with Crippen LogP contribution in [0, 0.1) is 5.82 Å². The second-order valence-electron chi connectivity index (χ2n) is 8.33. The minimum absolute atomic E-state index is 0.0357. The van der Waals surface area contributed by atoms with Crippen LogP contribution in [0.25, 0.3) is 16.6 Å². The van der Waals surface area contributed by atoms with E-state index in [4.69, 9.17) is 0 Å². The van der Waals surface area contributed by atoms with Gasteiger partial charge in [0, 0.05) is 24.2 Å². The minimum Gasteiger partial charge on any atom is -0.385 e. The molecule has 1 fully saturated rings. The fraction of sp³-hybridized carbons (Fsp3) is 0.364. The van der Waals surface area contributed by atoms with Crippen molar-refractivity contribution >= 4 is 16.6 Å². The van der Waals surface area contributed by atoms with Crippen molar-refractivity contribution in [3.63, 3.8) is 0 Å². The van der Waals surface area contributed by atoms with Crippen molar-refractivity contribution in [3.8, 4) is 0 Å². The predicted molar refractivity (Wildman–Crippen MR) is 113 cm³/mol. The second kappa shape index (κ2) is 7.12. The first-order valence-corrected chi connectivity index (χ1v) is 10.3. The number of aliphatic hydroxyl groups is 1. The Hall–Kier alpha value is -3.33. The standard InChI is InChI=1S/C22H22FN5O3/c1-12(2)26-8-7-15-20(22(26)31)27(11-18(29)16-6-5-14(23)10-24-16)19-9-17(13-3-4-13)25-28(19)21(15)30/h5-10,12-13,18,29H,3-4,11H2,1-2H3. The van der Waals surface area contributed by atoms with Gasteiger partial charge in [-0.1, -0.05) is 0 Å². The van der Waals surface area contributed by atoms with Gasteiger partial charge in [0.1, 0.15) is 23.1 Å². The van der Waals surface area contributed by atoms with Crippen molar-refractivity contribution in [2.45, 2.75) is 51.3 Å². The number of halogens is 1. The first-order valence-electron chi connectivity index (χ1n) is 10.3. The molecule has 1 aliphatic carbocycles. The largest absolute Gasteiger partial charge is 0.385 e. The van der Waals surface area contributed by atoms with Gasteiger partial charge < -0.3 is 14.2 Å². The highest BCUT2D eigenvalue weighted by atomic mass is 19.1. The average Bonchev–Trinajstić information content (AvgIpc) is 3.49. The zero-order chi connectivity index (χ0) is 21.9. The van der Waals surface area contributed by atoms with Crippen LogP contribution in [0.15, 0.2) is 46.2 Å². The van der Waals surface area contributed by atoms with Gasteiger partial charge in [-0.15, -0.1) is 0 Å². The van der Waals surface area contributed by atoms with E-state index in [1.807, 2.05) is 19.9 Å². The van der Waals surface area contributed by atoms with Crippen LogP contribution >= 0.6 is 0 Å². The molecule has 1 saturated carbocycles. The normalized spacial score (nSPS) is 15.3. The van der Waals surface area contributed by atoms with E-state index in [0.29, 0.717) is 11.6 Å². The number of pyridine rings is 2. The van der Waals surface area contributed by atoms with Gasteiger partial charge in [-0.25, -0.2) is 4.39 Å². The maximum absolute atomic E-state index is 13.3. The van der Waals surface area contributed by atoms with Gasteiger partial charge in [0.05, 0.1) is 29.5 Å². The van der Waals surface area contributed by atoms with Gasteiger partial charge in [0.15, 0.2) is 0 Å². The van der Waals surface area contributed by atoms with Gasteiger partial charge in [0.25, 0.3) is 11.1 Å². The molecular weight excluding hydrogens is 401 g/mol. The lowest BCUT2D eigenvalue weighted by Gasteiger charge is -2.18. The number of nitrogens with zero attached hydrogens (tertiary/aromatic N) is 5. The zero-order valence-corrected chi connectivity index (χ0v) is 17.2. The molecule has 1 unspecified atom stereocenters. The Kier molecular flexibility index (Phi) is 4.51. The highest BCUT2D eigenvalue weighted by Gasteiger charge is 2.28. The fourth-order valence-electron chi connectivity index (χ4n) is 3.95. The molecule has 0 spiro atoms. The maximum Gasteiger partial charge on any atom is 0.282 e. The minimum atomic E-state index is -1.11. The van der Waals surface area contributed by atoms with Crippen molar-refractivity contribution < 1.29 is 9.50 Å². The molecule has 0 aromatic carbocycles. The van der Waals surface area contributed by atoms with E-state index in [1.165, 1.54) is 16.6 Å². The third kappa shape index (κ3) is 3.25. The molecular formula is C22H22FN5O3. The molecule has 5 rings (SSSR count). The van der Waals surface area contributed by atoms with Crippen LogP contribution in [-0.2, 0) is 6.54 Å².